The van der Waals surface area contributed by atoms with E-state index in [0.29, 0.717) is 48.0 Å². The molecular weight excluding hydrogens is 778 g/mol. The molecule has 0 saturated heterocycles. The highest BCUT2D eigenvalue weighted by molar-refractivity contribution is 5.97. The van der Waals surface area contributed by atoms with Crippen molar-refractivity contribution < 1.29 is 42.9 Å². The van der Waals surface area contributed by atoms with Crippen molar-refractivity contribution in [2.24, 2.45) is 0 Å². The van der Waals surface area contributed by atoms with E-state index in [-0.39, 0.29) is 60.6 Å². The third kappa shape index (κ3) is 10.9. The molecule has 60 heavy (non-hydrogen) atoms. The van der Waals surface area contributed by atoms with E-state index < -0.39 is 40.5 Å². The van der Waals surface area contributed by atoms with E-state index in [2.05, 4.69) is 31.2 Å². The zero-order valence-electron chi connectivity index (χ0n) is 33.7. The van der Waals surface area contributed by atoms with Gasteiger partial charge in [-0.1, -0.05) is 36.8 Å². The van der Waals surface area contributed by atoms with Crippen molar-refractivity contribution in [3.8, 4) is 0 Å². The second-order valence-electron chi connectivity index (χ2n) is 13.6. The molecule has 2 amide bonds. The number of nitrogens with one attached hydrogen (secondary N) is 3. The number of rotatable bonds is 23. The van der Waals surface area contributed by atoms with Gasteiger partial charge in [-0.15, -0.1) is 0 Å². The van der Waals surface area contributed by atoms with E-state index in [9.17, 15) is 34.4 Å². The number of fused-ring (bicyclic) bond motifs is 2. The number of nitro benzene ring substituents is 1. The van der Waals surface area contributed by atoms with Crippen LogP contribution in [-0.4, -0.2) is 89.7 Å². The van der Waals surface area contributed by atoms with Gasteiger partial charge in [-0.2, -0.15) is 0 Å². The molecule has 0 spiro atoms. The van der Waals surface area contributed by atoms with Crippen LogP contribution >= 0.6 is 0 Å². The number of amides is 2. The molecule has 2 aromatic heterocycles. The summed E-state index contributed by atoms with van der Waals surface area (Å²) in [5.74, 6) is -2.00. The largest absolute Gasteiger partial charge is 0.464 e. The summed E-state index contributed by atoms with van der Waals surface area (Å²) in [4.78, 5) is 66.3. The van der Waals surface area contributed by atoms with E-state index in [4.69, 9.17) is 18.5 Å². The summed E-state index contributed by atoms with van der Waals surface area (Å²) in [5, 5.41) is 38.2. The molecule has 1 atom stereocenters. The first-order valence-corrected chi connectivity index (χ1v) is 19.8. The Morgan fingerprint density at radius 3 is 2.45 bits per heavy atom. The Bertz CT molecular complexity index is 2360. The molecular formula is C42H49N7O11. The third-order valence-electron chi connectivity index (χ3n) is 9.70. The van der Waals surface area contributed by atoms with Gasteiger partial charge in [-0.25, -0.2) is 14.2 Å². The molecule has 0 aliphatic heterocycles. The third-order valence-corrected chi connectivity index (χ3v) is 9.70. The van der Waals surface area contributed by atoms with Gasteiger partial charge in [0.15, 0.2) is 5.52 Å². The monoisotopic (exact) mass is 827 g/mol. The fourth-order valence-corrected chi connectivity index (χ4v) is 6.63. The van der Waals surface area contributed by atoms with Gasteiger partial charge < -0.3 is 39.8 Å². The number of unbranched alkanes of at least 4 members (excludes halogenated alkanes) is 2. The SMILES string of the molecule is CCOC(=O)C(CCO)(OCCNC(=O)c1cc2ccc(N(CC)CC)cc2oc1=O)/C(=C\c1ccccc1)NC(=O)CCCCCNc1ccc([N+](=O)[O-])c2nonc12. The summed E-state index contributed by atoms with van der Waals surface area (Å²) in [7, 11) is 0. The number of carbonyl (C=O) groups is 3. The maximum absolute atomic E-state index is 13.8. The standard InChI is InChI=1S/C42H49N7O11/c1-4-48(5-2)30-17-16-29-26-31(40(53)59-34(29)27-30)39(52)44-22-24-58-42(20-23-50,41(54)57-6-3)35(25-28-13-9-7-10-14-28)45-36(51)15-11-8-12-21-43-32-18-19-33(49(55)56)38-37(32)46-60-47-38/h7,9-10,13-14,16-19,25-27,43,50H,4-6,8,11-12,15,20-24H2,1-3H3,(H,44,52)(H,45,51)/b35-25+. The van der Waals surface area contributed by atoms with Crippen molar-refractivity contribution >= 4 is 62.9 Å². The van der Waals surface area contributed by atoms with Crippen LogP contribution in [0.1, 0.15) is 68.8 Å². The summed E-state index contributed by atoms with van der Waals surface area (Å²) in [6, 6.07) is 18.6. The van der Waals surface area contributed by atoms with Gasteiger partial charge in [0.2, 0.25) is 17.0 Å². The zero-order chi connectivity index (χ0) is 43.1. The lowest BCUT2D eigenvalue weighted by atomic mass is 9.93. The summed E-state index contributed by atoms with van der Waals surface area (Å²) in [6.07, 6.45) is 3.06. The molecule has 0 saturated carbocycles. The molecule has 18 nitrogen and oxygen atoms in total. The Hall–Kier alpha value is -6.66. The molecule has 18 heteroatoms. The highest BCUT2D eigenvalue weighted by Gasteiger charge is 2.45. The molecule has 2 heterocycles. The van der Waals surface area contributed by atoms with Gasteiger partial charge in [0, 0.05) is 68.8 Å². The molecule has 0 aliphatic carbocycles. The second kappa shape index (κ2) is 21.4. The van der Waals surface area contributed by atoms with E-state index >= 15 is 0 Å². The van der Waals surface area contributed by atoms with Gasteiger partial charge in [0.05, 0.1) is 29.5 Å². The number of nitrogens with zero attached hydrogens (tertiary/aromatic N) is 4. The molecule has 318 valence electrons. The van der Waals surface area contributed by atoms with Crippen molar-refractivity contribution in [3.63, 3.8) is 0 Å². The maximum Gasteiger partial charge on any atom is 0.349 e. The van der Waals surface area contributed by atoms with Crippen LogP contribution in [0.4, 0.5) is 17.1 Å². The number of non-ortho nitro benzene ring substituents is 1. The number of ether oxygens (including phenoxy) is 2. The Kier molecular flexibility index (Phi) is 15.8. The summed E-state index contributed by atoms with van der Waals surface area (Å²) >= 11 is 0. The number of esters is 1. The summed E-state index contributed by atoms with van der Waals surface area (Å²) in [6.45, 7) is 6.66. The minimum atomic E-state index is -2.00. The van der Waals surface area contributed by atoms with Crippen LogP contribution in [0, 0.1) is 10.1 Å². The normalized spacial score (nSPS) is 12.5. The minimum absolute atomic E-state index is 0.0283. The van der Waals surface area contributed by atoms with E-state index in [0.717, 1.165) is 18.8 Å². The highest BCUT2D eigenvalue weighted by Crippen LogP contribution is 2.30. The molecule has 0 aliphatic rings. The number of aromatic nitrogens is 2. The number of anilines is 2. The number of hydrogen-bond acceptors (Lipinski definition) is 15. The molecule has 0 bridgehead atoms. The van der Waals surface area contributed by atoms with Crippen LogP contribution in [0.3, 0.4) is 0 Å². The smallest absolute Gasteiger partial charge is 0.349 e. The van der Waals surface area contributed by atoms with Gasteiger partial charge in [0.25, 0.3) is 5.91 Å². The lowest BCUT2D eigenvalue weighted by molar-refractivity contribution is -0.383. The minimum Gasteiger partial charge on any atom is -0.464 e. The molecule has 0 radical (unpaired) electrons. The first kappa shape index (κ1) is 44.4. The van der Waals surface area contributed by atoms with Crippen LogP contribution in [0.2, 0.25) is 0 Å². The zero-order valence-corrected chi connectivity index (χ0v) is 33.7. The van der Waals surface area contributed by atoms with Crippen molar-refractivity contribution in [1.29, 1.82) is 0 Å². The number of carbonyl (C=O) groups excluding carboxylic acids is 3. The van der Waals surface area contributed by atoms with E-state index in [1.54, 1.807) is 49.4 Å². The predicted molar refractivity (Wildman–Crippen MR) is 223 cm³/mol. The van der Waals surface area contributed by atoms with Crippen LogP contribution in [0.5, 0.6) is 0 Å². The molecule has 5 aromatic rings. The first-order valence-electron chi connectivity index (χ1n) is 19.8. The average Bonchev–Trinajstić information content (AvgIpc) is 3.74. The average molecular weight is 828 g/mol. The number of aliphatic hydroxyl groups is 1. The lowest BCUT2D eigenvalue weighted by Crippen LogP contribution is -2.51. The van der Waals surface area contributed by atoms with Crippen molar-refractivity contribution in [1.82, 2.24) is 20.9 Å². The van der Waals surface area contributed by atoms with Crippen LogP contribution in [0.25, 0.3) is 28.1 Å². The quantitative estimate of drug-likeness (QED) is 0.0213. The Morgan fingerprint density at radius 2 is 1.73 bits per heavy atom. The van der Waals surface area contributed by atoms with Gasteiger partial charge in [-0.3, -0.25) is 19.7 Å². The van der Waals surface area contributed by atoms with Crippen molar-refractivity contribution in [2.75, 3.05) is 56.2 Å². The fourth-order valence-electron chi connectivity index (χ4n) is 6.63. The number of nitro groups is 1. The topological polar surface area (TPSA) is 241 Å². The van der Waals surface area contributed by atoms with Crippen molar-refractivity contribution in [3.05, 3.63) is 104 Å². The molecule has 0 fully saturated rings. The lowest BCUT2D eigenvalue weighted by Gasteiger charge is -2.34. The highest BCUT2D eigenvalue weighted by atomic mass is 16.6. The van der Waals surface area contributed by atoms with Crippen LogP contribution < -0.4 is 26.5 Å². The molecule has 1 unspecified atom stereocenters. The second-order valence-corrected chi connectivity index (χ2v) is 13.6. The summed E-state index contributed by atoms with van der Waals surface area (Å²) < 4.78 is 21.9. The van der Waals surface area contributed by atoms with Gasteiger partial charge in [0.1, 0.15) is 11.1 Å². The Labute approximate surface area is 345 Å². The summed E-state index contributed by atoms with van der Waals surface area (Å²) in [5.41, 5.74) is -0.576. The van der Waals surface area contributed by atoms with Gasteiger partial charge in [-0.05, 0) is 79.8 Å². The van der Waals surface area contributed by atoms with Crippen molar-refractivity contribution in [2.45, 2.75) is 58.5 Å². The number of hydrogen-bond donors (Lipinski definition) is 4. The van der Waals surface area contributed by atoms with Crippen LogP contribution in [0.15, 0.2) is 86.3 Å². The maximum atomic E-state index is 13.8. The Balaban J connectivity index is 1.25. The number of aliphatic hydroxyl groups excluding tert-OH is 1. The van der Waals surface area contributed by atoms with Gasteiger partial charge >= 0.3 is 17.3 Å². The first-order chi connectivity index (χ1) is 29.0. The molecule has 3 aromatic carbocycles. The number of benzene rings is 3. The van der Waals surface area contributed by atoms with E-state index in [1.165, 1.54) is 18.2 Å². The predicted octanol–water partition coefficient (Wildman–Crippen LogP) is 5.34. The molecule has 4 N–H and O–H groups in total. The van der Waals surface area contributed by atoms with E-state index in [1.807, 2.05) is 26.0 Å². The Morgan fingerprint density at radius 1 is 0.967 bits per heavy atom. The van der Waals surface area contributed by atoms with Crippen LogP contribution in [-0.2, 0) is 19.1 Å². The fraction of sp³-hybridized carbons (Fsp3) is 0.381. The molecule has 5 rings (SSSR count).